The maximum atomic E-state index is 13.1. The lowest BCUT2D eigenvalue weighted by Gasteiger charge is -2.20. The van der Waals surface area contributed by atoms with Gasteiger partial charge in [-0.2, -0.15) is 11.8 Å². The summed E-state index contributed by atoms with van der Waals surface area (Å²) in [6.45, 7) is 0.427. The number of benzene rings is 1. The van der Waals surface area contributed by atoms with Crippen LogP contribution in [0, 0.1) is 5.92 Å². The number of nitrogens with two attached hydrogens (primary N) is 1. The molecule has 1 aromatic rings. The van der Waals surface area contributed by atoms with E-state index in [0.717, 1.165) is 11.8 Å². The molecule has 0 aliphatic rings. The summed E-state index contributed by atoms with van der Waals surface area (Å²) in [5, 5.41) is 30.8. The predicted molar refractivity (Wildman–Crippen MR) is 142 cm³/mol. The van der Waals surface area contributed by atoms with Gasteiger partial charge in [0.05, 0.1) is 5.02 Å². The lowest BCUT2D eigenvalue weighted by atomic mass is 9.97. The SMILES string of the molecule is CCC(CSC[C@H](NC(=O)CC[C@H](N)C(=O)O)C(=O)NCC(=O)O)C(=O)c1ccc(OCC(=O)O)c(Cl)c1Cl. The topological polar surface area (TPSA) is 222 Å². The summed E-state index contributed by atoms with van der Waals surface area (Å²) in [4.78, 5) is 70.2. The Labute approximate surface area is 237 Å². The van der Waals surface area contributed by atoms with E-state index >= 15 is 0 Å². The molecule has 3 atom stereocenters. The van der Waals surface area contributed by atoms with Crippen molar-refractivity contribution in [3.05, 3.63) is 27.7 Å². The molecule has 1 unspecified atom stereocenters. The number of thioether (sulfide) groups is 1. The molecule has 0 spiro atoms. The lowest BCUT2D eigenvalue weighted by Crippen LogP contribution is -2.49. The largest absolute Gasteiger partial charge is 0.480 e. The van der Waals surface area contributed by atoms with Crippen LogP contribution in [-0.4, -0.2) is 87.6 Å². The van der Waals surface area contributed by atoms with E-state index in [2.05, 4.69) is 10.6 Å². The highest BCUT2D eigenvalue weighted by molar-refractivity contribution is 7.99. The Hall–Kier alpha value is -3.07. The van der Waals surface area contributed by atoms with Crippen LogP contribution in [-0.2, 0) is 24.0 Å². The van der Waals surface area contributed by atoms with Gasteiger partial charge < -0.3 is 36.4 Å². The van der Waals surface area contributed by atoms with Gasteiger partial charge in [-0.15, -0.1) is 0 Å². The summed E-state index contributed by atoms with van der Waals surface area (Å²) >= 11 is 13.5. The van der Waals surface area contributed by atoms with Crippen molar-refractivity contribution in [2.75, 3.05) is 24.7 Å². The number of hydrogen-bond donors (Lipinski definition) is 6. The highest BCUT2D eigenvalue weighted by Crippen LogP contribution is 2.36. The van der Waals surface area contributed by atoms with E-state index in [1.165, 1.54) is 12.1 Å². The Balaban J connectivity index is 2.89. The van der Waals surface area contributed by atoms with Gasteiger partial charge in [0, 0.05) is 29.4 Å². The molecule has 1 aromatic carbocycles. The Kier molecular flexibility index (Phi) is 14.6. The zero-order valence-corrected chi connectivity index (χ0v) is 23.1. The number of carbonyl (C=O) groups excluding carboxylic acids is 3. The predicted octanol–water partition coefficient (Wildman–Crippen LogP) is 1.28. The fraction of sp³-hybridized carbons (Fsp3) is 0.478. The van der Waals surface area contributed by atoms with Gasteiger partial charge in [-0.25, -0.2) is 4.79 Å². The van der Waals surface area contributed by atoms with Gasteiger partial charge in [-0.1, -0.05) is 30.1 Å². The first-order chi connectivity index (χ1) is 18.3. The van der Waals surface area contributed by atoms with Crippen molar-refractivity contribution in [2.45, 2.75) is 38.3 Å². The monoisotopic (exact) mass is 609 g/mol. The summed E-state index contributed by atoms with van der Waals surface area (Å²) in [6.07, 6.45) is -0.0671. The van der Waals surface area contributed by atoms with Crippen LogP contribution in [0.3, 0.4) is 0 Å². The van der Waals surface area contributed by atoms with Gasteiger partial charge in [0.1, 0.15) is 29.4 Å². The fourth-order valence-corrected chi connectivity index (χ4v) is 4.79. The molecule has 0 aromatic heterocycles. The number of aliphatic carboxylic acids is 3. The molecule has 0 radical (unpaired) electrons. The zero-order valence-electron chi connectivity index (χ0n) is 20.8. The number of rotatable bonds is 18. The number of ether oxygens (including phenoxy) is 1. The van der Waals surface area contributed by atoms with E-state index in [9.17, 15) is 28.8 Å². The first kappa shape index (κ1) is 34.0. The smallest absolute Gasteiger partial charge is 0.341 e. The molecule has 216 valence electrons. The number of amides is 2. The van der Waals surface area contributed by atoms with Crippen LogP contribution in [0.15, 0.2) is 12.1 Å². The van der Waals surface area contributed by atoms with Crippen LogP contribution in [0.1, 0.15) is 36.5 Å². The highest BCUT2D eigenvalue weighted by atomic mass is 35.5. The van der Waals surface area contributed by atoms with Gasteiger partial charge >= 0.3 is 17.9 Å². The minimum atomic E-state index is -1.29. The van der Waals surface area contributed by atoms with Crippen LogP contribution in [0.5, 0.6) is 5.75 Å². The molecule has 0 saturated heterocycles. The van der Waals surface area contributed by atoms with Gasteiger partial charge in [0.2, 0.25) is 11.8 Å². The van der Waals surface area contributed by atoms with Crippen molar-refractivity contribution in [3.8, 4) is 5.75 Å². The third-order valence-corrected chi connectivity index (χ3v) is 7.27. The zero-order chi connectivity index (χ0) is 29.7. The third-order valence-electron chi connectivity index (χ3n) is 5.20. The summed E-state index contributed by atoms with van der Waals surface area (Å²) in [5.74, 6) is -6.00. The highest BCUT2D eigenvalue weighted by Gasteiger charge is 2.26. The Morgan fingerprint density at radius 3 is 2.26 bits per heavy atom. The quantitative estimate of drug-likeness (QED) is 0.129. The van der Waals surface area contributed by atoms with Gasteiger partial charge in [-0.05, 0) is 25.0 Å². The van der Waals surface area contributed by atoms with E-state index in [4.69, 9.17) is 49.0 Å². The molecule has 0 aliphatic heterocycles. The third kappa shape index (κ3) is 11.7. The standard InChI is InChI=1S/C23H29Cl2N3O10S/c1-2-11(21(34)12-3-5-15(20(25)19(12)24)38-8-18(32)33)9-39-10-14(22(35)27-7-17(30)31)28-16(29)6-4-13(26)23(36)37/h3,5,11,13-14H,2,4,6-10,26H2,1H3,(H,27,35)(H,28,29)(H,30,31)(H,32,33)(H,36,37)/t11?,13-,14-/m0/s1. The minimum absolute atomic E-state index is 0.00157. The second-order valence-corrected chi connectivity index (χ2v) is 9.97. The van der Waals surface area contributed by atoms with Crippen molar-refractivity contribution >= 4 is 70.5 Å². The van der Waals surface area contributed by atoms with Gasteiger partial charge in [0.15, 0.2) is 12.4 Å². The molecule has 0 bridgehead atoms. The van der Waals surface area contributed by atoms with E-state index < -0.39 is 60.9 Å². The summed E-state index contributed by atoms with van der Waals surface area (Å²) in [5.41, 5.74) is 5.48. The number of carboxylic acids is 3. The van der Waals surface area contributed by atoms with Crippen LogP contribution in [0.4, 0.5) is 0 Å². The van der Waals surface area contributed by atoms with Crippen molar-refractivity contribution in [1.29, 1.82) is 0 Å². The van der Waals surface area contributed by atoms with E-state index in [1.54, 1.807) is 6.92 Å². The molecule has 16 heteroatoms. The maximum absolute atomic E-state index is 13.1. The molecule has 0 heterocycles. The van der Waals surface area contributed by atoms with Crippen LogP contribution >= 0.6 is 35.0 Å². The molecule has 0 fully saturated rings. The number of nitrogens with one attached hydrogen (secondary N) is 2. The van der Waals surface area contributed by atoms with E-state index in [-0.39, 0.29) is 51.5 Å². The van der Waals surface area contributed by atoms with Crippen LogP contribution < -0.4 is 21.1 Å². The normalized spacial score (nSPS) is 13.0. The molecular formula is C23H29Cl2N3O10S. The van der Waals surface area contributed by atoms with Crippen molar-refractivity contribution < 1.29 is 48.8 Å². The number of carboxylic acid groups (broad SMARTS) is 3. The Bertz CT molecular complexity index is 1090. The van der Waals surface area contributed by atoms with E-state index in [0.29, 0.717) is 6.42 Å². The minimum Gasteiger partial charge on any atom is -0.480 e. The van der Waals surface area contributed by atoms with Crippen molar-refractivity contribution in [2.24, 2.45) is 11.7 Å². The first-order valence-electron chi connectivity index (χ1n) is 11.5. The number of carbonyl (C=O) groups is 6. The average molecular weight is 610 g/mol. The summed E-state index contributed by atoms with van der Waals surface area (Å²) < 4.78 is 5.05. The summed E-state index contributed by atoms with van der Waals surface area (Å²) in [6, 6.07) is 0.266. The molecule has 0 saturated carbocycles. The number of ketones is 1. The van der Waals surface area contributed by atoms with Crippen molar-refractivity contribution in [3.63, 3.8) is 0 Å². The van der Waals surface area contributed by atoms with Gasteiger partial charge in [-0.3, -0.25) is 24.0 Å². The Morgan fingerprint density at radius 1 is 1.03 bits per heavy atom. The maximum Gasteiger partial charge on any atom is 0.341 e. The molecule has 39 heavy (non-hydrogen) atoms. The first-order valence-corrected chi connectivity index (χ1v) is 13.4. The van der Waals surface area contributed by atoms with Crippen LogP contribution in [0.25, 0.3) is 0 Å². The number of halogens is 2. The van der Waals surface area contributed by atoms with Crippen molar-refractivity contribution in [1.82, 2.24) is 10.6 Å². The Morgan fingerprint density at radius 2 is 1.69 bits per heavy atom. The average Bonchev–Trinajstić information content (AvgIpc) is 2.87. The van der Waals surface area contributed by atoms with E-state index in [1.807, 2.05) is 0 Å². The second-order valence-electron chi connectivity index (χ2n) is 8.14. The molecular weight excluding hydrogens is 581 g/mol. The molecule has 1 rings (SSSR count). The summed E-state index contributed by atoms with van der Waals surface area (Å²) in [7, 11) is 0. The number of Topliss-reactive ketones (excluding diaryl/α,β-unsaturated/α-hetero) is 1. The van der Waals surface area contributed by atoms with Crippen LogP contribution in [0.2, 0.25) is 10.0 Å². The second kappa shape index (κ2) is 16.8. The molecule has 2 amide bonds. The molecule has 13 nitrogen and oxygen atoms in total. The molecule has 0 aliphatic carbocycles. The fourth-order valence-electron chi connectivity index (χ4n) is 3.05. The molecule has 7 N–H and O–H groups in total. The van der Waals surface area contributed by atoms with Gasteiger partial charge in [0.25, 0.3) is 0 Å². The lowest BCUT2D eigenvalue weighted by molar-refractivity contribution is -0.140. The number of hydrogen-bond acceptors (Lipinski definition) is 9.